The topological polar surface area (TPSA) is 50.7 Å². The Kier molecular flexibility index (Phi) is 5.06. The lowest BCUT2D eigenvalue weighted by atomic mass is 10.0. The first kappa shape index (κ1) is 14.9. The summed E-state index contributed by atoms with van der Waals surface area (Å²) in [6.45, 7) is 7.04. The molecule has 0 saturated carbocycles. The molecule has 2 rings (SSSR count). The third-order valence-electron chi connectivity index (χ3n) is 3.07. The molecule has 0 atom stereocenters. The molecule has 5 heteroatoms. The maximum absolute atomic E-state index is 11.8. The van der Waals surface area contributed by atoms with Crippen LogP contribution in [0.25, 0.3) is 0 Å². The number of amides is 1. The number of amidine groups is 1. The highest BCUT2D eigenvalue weighted by molar-refractivity contribution is 8.14. The van der Waals surface area contributed by atoms with Crippen molar-refractivity contribution in [2.75, 3.05) is 18.9 Å². The van der Waals surface area contributed by atoms with Crippen molar-refractivity contribution in [2.45, 2.75) is 26.7 Å². The molecule has 1 aliphatic heterocycles. The molecule has 0 unspecified atom stereocenters. The number of hydrogen-bond acceptors (Lipinski definition) is 4. The van der Waals surface area contributed by atoms with Crippen LogP contribution in [-0.2, 0) is 4.79 Å². The minimum atomic E-state index is -0.160. The van der Waals surface area contributed by atoms with Crippen molar-refractivity contribution in [1.29, 1.82) is 0 Å². The summed E-state index contributed by atoms with van der Waals surface area (Å²) in [5, 5.41) is 3.46. The fourth-order valence-corrected chi connectivity index (χ4v) is 2.59. The standard InChI is InChI=1S/C15H20N2O2S/c1-10(2)12-5-4-11(3)13(8-12)19-9-14(18)17-15-16-6-7-20-15/h4-5,8,10H,6-7,9H2,1-3H3,(H,16,17,18). The van der Waals surface area contributed by atoms with Crippen LogP contribution in [0, 0.1) is 6.92 Å². The van der Waals surface area contributed by atoms with Crippen molar-refractivity contribution < 1.29 is 9.53 Å². The van der Waals surface area contributed by atoms with Gasteiger partial charge in [-0.3, -0.25) is 9.79 Å². The second-order valence-electron chi connectivity index (χ2n) is 5.05. The highest BCUT2D eigenvalue weighted by Crippen LogP contribution is 2.24. The average Bonchev–Trinajstić information content (AvgIpc) is 2.90. The lowest BCUT2D eigenvalue weighted by molar-refractivity contribution is -0.121. The minimum absolute atomic E-state index is 0.0158. The van der Waals surface area contributed by atoms with Gasteiger partial charge in [0.25, 0.3) is 5.91 Å². The number of carbonyl (C=O) groups excluding carboxylic acids is 1. The molecule has 108 valence electrons. The van der Waals surface area contributed by atoms with Gasteiger partial charge in [-0.15, -0.1) is 0 Å². The molecule has 1 amide bonds. The number of aryl methyl sites for hydroxylation is 1. The number of carbonyl (C=O) groups is 1. The molecule has 4 nitrogen and oxygen atoms in total. The number of aliphatic imine (C=N–C) groups is 1. The van der Waals surface area contributed by atoms with Gasteiger partial charge in [-0.1, -0.05) is 37.7 Å². The van der Waals surface area contributed by atoms with Crippen LogP contribution in [-0.4, -0.2) is 30.0 Å². The van der Waals surface area contributed by atoms with Gasteiger partial charge in [-0.2, -0.15) is 0 Å². The number of ether oxygens (including phenoxy) is 1. The van der Waals surface area contributed by atoms with Gasteiger partial charge < -0.3 is 10.1 Å². The summed E-state index contributed by atoms with van der Waals surface area (Å²) < 4.78 is 5.62. The zero-order valence-electron chi connectivity index (χ0n) is 12.1. The highest BCUT2D eigenvalue weighted by atomic mass is 32.2. The molecule has 0 radical (unpaired) electrons. The molecule has 0 fully saturated rings. The number of nitrogens with zero attached hydrogens (tertiary/aromatic N) is 1. The summed E-state index contributed by atoms with van der Waals surface area (Å²) in [6, 6.07) is 6.13. The highest BCUT2D eigenvalue weighted by Gasteiger charge is 2.12. The van der Waals surface area contributed by atoms with Crippen molar-refractivity contribution in [3.63, 3.8) is 0 Å². The molecule has 0 saturated heterocycles. The van der Waals surface area contributed by atoms with Crippen LogP contribution >= 0.6 is 11.8 Å². The Morgan fingerprint density at radius 3 is 2.95 bits per heavy atom. The molecule has 1 aliphatic rings. The van der Waals surface area contributed by atoms with Gasteiger partial charge in [0.2, 0.25) is 0 Å². The summed E-state index contributed by atoms with van der Waals surface area (Å²) in [5.41, 5.74) is 2.25. The van der Waals surface area contributed by atoms with E-state index in [1.165, 1.54) is 5.56 Å². The molecule has 1 aromatic rings. The fraction of sp³-hybridized carbons (Fsp3) is 0.467. The molecular formula is C15H20N2O2S. The van der Waals surface area contributed by atoms with Crippen molar-refractivity contribution in [3.05, 3.63) is 29.3 Å². The van der Waals surface area contributed by atoms with E-state index in [4.69, 9.17) is 4.74 Å². The number of nitrogens with one attached hydrogen (secondary N) is 1. The monoisotopic (exact) mass is 292 g/mol. The first-order chi connectivity index (χ1) is 9.56. The maximum atomic E-state index is 11.8. The van der Waals surface area contributed by atoms with Gasteiger partial charge in [0.1, 0.15) is 5.75 Å². The Morgan fingerprint density at radius 2 is 2.30 bits per heavy atom. The molecule has 0 aliphatic carbocycles. The predicted molar refractivity (Wildman–Crippen MR) is 83.7 cm³/mol. The van der Waals surface area contributed by atoms with Crippen LogP contribution < -0.4 is 10.1 Å². The van der Waals surface area contributed by atoms with E-state index in [2.05, 4.69) is 30.2 Å². The quantitative estimate of drug-likeness (QED) is 0.928. The molecule has 1 aromatic carbocycles. The second kappa shape index (κ2) is 6.79. The Morgan fingerprint density at radius 1 is 1.50 bits per heavy atom. The van der Waals surface area contributed by atoms with Gasteiger partial charge in [-0.25, -0.2) is 0 Å². The normalized spacial score (nSPS) is 14.3. The maximum Gasteiger partial charge on any atom is 0.263 e. The van der Waals surface area contributed by atoms with Crippen LogP contribution in [0.2, 0.25) is 0 Å². The van der Waals surface area contributed by atoms with E-state index in [1.807, 2.05) is 19.1 Å². The molecule has 0 bridgehead atoms. The first-order valence-electron chi connectivity index (χ1n) is 6.76. The lowest BCUT2D eigenvalue weighted by Crippen LogP contribution is -2.32. The number of hydrogen-bond donors (Lipinski definition) is 1. The number of benzene rings is 1. The average molecular weight is 292 g/mol. The Hall–Kier alpha value is -1.49. The largest absolute Gasteiger partial charge is 0.483 e. The van der Waals surface area contributed by atoms with Gasteiger partial charge in [0.05, 0.1) is 6.54 Å². The van der Waals surface area contributed by atoms with Crippen LogP contribution in [0.4, 0.5) is 0 Å². The smallest absolute Gasteiger partial charge is 0.263 e. The zero-order valence-corrected chi connectivity index (χ0v) is 12.9. The van der Waals surface area contributed by atoms with Gasteiger partial charge in [-0.05, 0) is 30.0 Å². The predicted octanol–water partition coefficient (Wildman–Crippen LogP) is 2.72. The fourth-order valence-electron chi connectivity index (χ4n) is 1.84. The van der Waals surface area contributed by atoms with E-state index < -0.39 is 0 Å². The number of thioether (sulfide) groups is 1. The van der Waals surface area contributed by atoms with E-state index in [1.54, 1.807) is 11.8 Å². The van der Waals surface area contributed by atoms with Gasteiger partial charge in [0.15, 0.2) is 11.8 Å². The zero-order chi connectivity index (χ0) is 14.5. The molecule has 0 spiro atoms. The second-order valence-corrected chi connectivity index (χ2v) is 6.14. The van der Waals surface area contributed by atoms with Gasteiger partial charge >= 0.3 is 0 Å². The van der Waals surface area contributed by atoms with Crippen LogP contribution in [0.1, 0.15) is 30.9 Å². The summed E-state index contributed by atoms with van der Waals surface area (Å²) >= 11 is 1.56. The van der Waals surface area contributed by atoms with E-state index in [-0.39, 0.29) is 12.5 Å². The molecule has 1 heterocycles. The Bertz CT molecular complexity index is 527. The summed E-state index contributed by atoms with van der Waals surface area (Å²) in [4.78, 5) is 15.9. The van der Waals surface area contributed by atoms with E-state index in [9.17, 15) is 4.79 Å². The lowest BCUT2D eigenvalue weighted by Gasteiger charge is -2.12. The molecular weight excluding hydrogens is 272 g/mol. The van der Waals surface area contributed by atoms with Crippen LogP contribution in [0.5, 0.6) is 5.75 Å². The number of rotatable bonds is 4. The Labute approximate surface area is 124 Å². The van der Waals surface area contributed by atoms with Gasteiger partial charge in [0, 0.05) is 5.75 Å². The van der Waals surface area contributed by atoms with Crippen molar-refractivity contribution in [2.24, 2.45) is 4.99 Å². The minimum Gasteiger partial charge on any atom is -0.483 e. The van der Waals surface area contributed by atoms with E-state index >= 15 is 0 Å². The summed E-state index contributed by atoms with van der Waals surface area (Å²) in [7, 11) is 0. The van der Waals surface area contributed by atoms with Crippen molar-refractivity contribution in [3.8, 4) is 5.75 Å². The van der Waals surface area contributed by atoms with Crippen LogP contribution in [0.15, 0.2) is 23.2 Å². The van der Waals surface area contributed by atoms with Crippen LogP contribution in [0.3, 0.4) is 0 Å². The molecule has 20 heavy (non-hydrogen) atoms. The third-order valence-corrected chi connectivity index (χ3v) is 3.96. The summed E-state index contributed by atoms with van der Waals surface area (Å²) in [6.07, 6.45) is 0. The van der Waals surface area contributed by atoms with Crippen molar-refractivity contribution in [1.82, 2.24) is 5.32 Å². The van der Waals surface area contributed by atoms with E-state index in [0.717, 1.165) is 23.6 Å². The Balaban J connectivity index is 1.92. The van der Waals surface area contributed by atoms with E-state index in [0.29, 0.717) is 11.1 Å². The van der Waals surface area contributed by atoms with Crippen molar-refractivity contribution >= 4 is 22.8 Å². The molecule has 1 N–H and O–H groups in total. The third kappa shape index (κ3) is 4.00. The SMILES string of the molecule is Cc1ccc(C(C)C)cc1OCC(=O)NC1=NCCS1. The first-order valence-corrected chi connectivity index (χ1v) is 7.75. The molecule has 0 aromatic heterocycles. The summed E-state index contributed by atoms with van der Waals surface area (Å²) in [5.74, 6) is 1.99.